The number of nitrogens with zero attached hydrogens (tertiary/aromatic N) is 3. The minimum Gasteiger partial charge on any atom is -0.477 e. The molecule has 110 valence electrons. The van der Waals surface area contributed by atoms with Crippen LogP contribution in [0.2, 0.25) is 0 Å². The van der Waals surface area contributed by atoms with Crippen molar-refractivity contribution in [3.05, 3.63) is 47.2 Å². The fourth-order valence-corrected chi connectivity index (χ4v) is 2.80. The van der Waals surface area contributed by atoms with Gasteiger partial charge in [-0.2, -0.15) is 4.98 Å². The van der Waals surface area contributed by atoms with Crippen molar-refractivity contribution in [1.82, 2.24) is 15.0 Å². The molecule has 1 fully saturated rings. The van der Waals surface area contributed by atoms with Crippen LogP contribution < -0.4 is 4.74 Å². The Labute approximate surface area is 125 Å². The molecular weight excluding hydrogens is 262 g/mol. The van der Waals surface area contributed by atoms with Gasteiger partial charge in [0, 0.05) is 35.5 Å². The molecule has 2 heterocycles. The lowest BCUT2D eigenvalue weighted by Crippen LogP contribution is -2.06. The smallest absolute Gasteiger partial charge is 0.219 e. The third-order valence-corrected chi connectivity index (χ3v) is 4.30. The summed E-state index contributed by atoms with van der Waals surface area (Å²) >= 11 is 0. The zero-order valence-corrected chi connectivity index (χ0v) is 13.0. The Hall–Kier alpha value is -1.97. The van der Waals surface area contributed by atoms with Crippen LogP contribution in [0.4, 0.5) is 0 Å². The average molecular weight is 283 g/mol. The number of hydrogen-bond donors (Lipinski definition) is 0. The van der Waals surface area contributed by atoms with Gasteiger partial charge in [-0.3, -0.25) is 4.98 Å². The van der Waals surface area contributed by atoms with Gasteiger partial charge >= 0.3 is 0 Å². The molecule has 3 rings (SSSR count). The maximum absolute atomic E-state index is 5.91. The lowest BCUT2D eigenvalue weighted by atomic mass is 10.2. The van der Waals surface area contributed by atoms with Crippen LogP contribution in [0.15, 0.2) is 24.5 Å². The molecule has 0 bridgehead atoms. The van der Waals surface area contributed by atoms with Gasteiger partial charge in [0.15, 0.2) is 0 Å². The van der Waals surface area contributed by atoms with Gasteiger partial charge in [0.25, 0.3) is 0 Å². The van der Waals surface area contributed by atoms with Crippen LogP contribution in [-0.4, -0.2) is 21.6 Å². The Balaban J connectivity index is 1.64. The maximum atomic E-state index is 5.91. The van der Waals surface area contributed by atoms with Crippen molar-refractivity contribution in [2.45, 2.75) is 33.6 Å². The first-order valence-corrected chi connectivity index (χ1v) is 7.42. The Morgan fingerprint density at radius 2 is 1.90 bits per heavy atom. The fraction of sp³-hybridized carbons (Fsp3) is 0.471. The second kappa shape index (κ2) is 5.43. The van der Waals surface area contributed by atoms with Crippen molar-refractivity contribution < 1.29 is 4.74 Å². The Morgan fingerprint density at radius 3 is 2.62 bits per heavy atom. The molecule has 4 nitrogen and oxygen atoms in total. The molecule has 2 aromatic rings. The molecule has 1 aliphatic carbocycles. The number of ether oxygens (including phenoxy) is 1. The van der Waals surface area contributed by atoms with E-state index in [0.29, 0.717) is 30.2 Å². The van der Waals surface area contributed by atoms with Crippen molar-refractivity contribution in [3.8, 4) is 5.88 Å². The Morgan fingerprint density at radius 1 is 1.10 bits per heavy atom. The van der Waals surface area contributed by atoms with Crippen molar-refractivity contribution in [1.29, 1.82) is 0 Å². The molecule has 1 saturated carbocycles. The predicted molar refractivity (Wildman–Crippen MR) is 81.4 cm³/mol. The lowest BCUT2D eigenvalue weighted by molar-refractivity contribution is 0.277. The quantitative estimate of drug-likeness (QED) is 0.864. The predicted octanol–water partition coefficient (Wildman–Crippen LogP) is 3.23. The van der Waals surface area contributed by atoms with Gasteiger partial charge in [0.1, 0.15) is 5.82 Å². The van der Waals surface area contributed by atoms with E-state index in [9.17, 15) is 0 Å². The normalized spacial score (nSPS) is 23.9. The molecule has 4 heteroatoms. The molecular formula is C17H21N3O. The molecule has 21 heavy (non-hydrogen) atoms. The van der Waals surface area contributed by atoms with E-state index in [4.69, 9.17) is 4.74 Å². The first kappa shape index (κ1) is 14.0. The van der Waals surface area contributed by atoms with Crippen molar-refractivity contribution >= 4 is 0 Å². The summed E-state index contributed by atoms with van der Waals surface area (Å²) in [5.41, 5.74) is 3.36. The van der Waals surface area contributed by atoms with Gasteiger partial charge in [-0.05, 0) is 38.3 Å². The molecule has 0 saturated heterocycles. The first-order valence-electron chi connectivity index (χ1n) is 7.42. The van der Waals surface area contributed by atoms with E-state index in [1.807, 2.05) is 26.2 Å². The van der Waals surface area contributed by atoms with E-state index in [1.54, 1.807) is 0 Å². The van der Waals surface area contributed by atoms with E-state index < -0.39 is 0 Å². The summed E-state index contributed by atoms with van der Waals surface area (Å²) in [6.45, 7) is 8.88. The molecule has 0 aliphatic heterocycles. The second-order valence-electron chi connectivity index (χ2n) is 6.03. The summed E-state index contributed by atoms with van der Waals surface area (Å²) < 4.78 is 5.91. The maximum Gasteiger partial charge on any atom is 0.219 e. The van der Waals surface area contributed by atoms with E-state index in [0.717, 1.165) is 11.4 Å². The molecule has 1 aliphatic rings. The summed E-state index contributed by atoms with van der Waals surface area (Å²) in [5, 5.41) is 0. The van der Waals surface area contributed by atoms with E-state index in [-0.39, 0.29) is 0 Å². The van der Waals surface area contributed by atoms with Crippen LogP contribution in [0.25, 0.3) is 0 Å². The lowest BCUT2D eigenvalue weighted by Gasteiger charge is -2.08. The molecule has 2 unspecified atom stereocenters. The van der Waals surface area contributed by atoms with Gasteiger partial charge < -0.3 is 4.74 Å². The van der Waals surface area contributed by atoms with E-state index in [1.165, 1.54) is 11.3 Å². The summed E-state index contributed by atoms with van der Waals surface area (Å²) in [4.78, 5) is 13.1. The topological polar surface area (TPSA) is 47.9 Å². The van der Waals surface area contributed by atoms with Crippen LogP contribution in [-0.2, 0) is 0 Å². The summed E-state index contributed by atoms with van der Waals surface area (Å²) in [5.74, 6) is 3.10. The van der Waals surface area contributed by atoms with Gasteiger partial charge in [0.05, 0.1) is 6.61 Å². The van der Waals surface area contributed by atoms with E-state index >= 15 is 0 Å². The molecule has 0 spiro atoms. The fourth-order valence-electron chi connectivity index (χ4n) is 2.80. The number of pyridine rings is 1. The Kier molecular flexibility index (Phi) is 3.62. The zero-order chi connectivity index (χ0) is 15.0. The summed E-state index contributed by atoms with van der Waals surface area (Å²) in [6.07, 6.45) is 3.75. The van der Waals surface area contributed by atoms with Gasteiger partial charge in [-0.1, -0.05) is 13.0 Å². The summed E-state index contributed by atoms with van der Waals surface area (Å²) in [7, 11) is 0. The summed E-state index contributed by atoms with van der Waals surface area (Å²) in [6, 6.07) is 4.26. The second-order valence-corrected chi connectivity index (χ2v) is 6.03. The monoisotopic (exact) mass is 283 g/mol. The molecule has 0 N–H and O–H groups in total. The molecule has 2 aromatic heterocycles. The first-order chi connectivity index (χ1) is 10.1. The van der Waals surface area contributed by atoms with Crippen LogP contribution >= 0.6 is 0 Å². The van der Waals surface area contributed by atoms with Crippen LogP contribution in [0, 0.1) is 32.6 Å². The van der Waals surface area contributed by atoms with E-state index in [2.05, 4.69) is 40.9 Å². The molecule has 0 amide bonds. The minimum absolute atomic E-state index is 0.508. The number of aromatic nitrogens is 3. The van der Waals surface area contributed by atoms with Crippen molar-refractivity contribution in [3.63, 3.8) is 0 Å². The van der Waals surface area contributed by atoms with Crippen LogP contribution in [0.1, 0.15) is 35.5 Å². The molecule has 0 radical (unpaired) electrons. The average Bonchev–Trinajstić information content (AvgIpc) is 3.11. The highest BCUT2D eigenvalue weighted by Gasteiger charge is 2.48. The van der Waals surface area contributed by atoms with Crippen LogP contribution in [0.5, 0.6) is 5.88 Å². The van der Waals surface area contributed by atoms with Crippen LogP contribution in [0.3, 0.4) is 0 Å². The zero-order valence-electron chi connectivity index (χ0n) is 13.0. The molecule has 0 aromatic carbocycles. The largest absolute Gasteiger partial charge is 0.477 e. The Bertz CT molecular complexity index is 639. The standard InChI is InChI=1S/C17H21N3O/c1-10-5-6-15(19-7-10)16-12(3)14(16)9-21-17-11(2)8-18-13(4)20-17/h5-8,12,14,16H,9H2,1-4H3/t12-,14?,16?/m1/s1. The third kappa shape index (κ3) is 2.89. The third-order valence-electron chi connectivity index (χ3n) is 4.30. The number of hydrogen-bond acceptors (Lipinski definition) is 4. The van der Waals surface area contributed by atoms with Crippen molar-refractivity contribution in [2.75, 3.05) is 6.61 Å². The highest BCUT2D eigenvalue weighted by molar-refractivity contribution is 5.25. The van der Waals surface area contributed by atoms with Gasteiger partial charge in [-0.15, -0.1) is 0 Å². The van der Waals surface area contributed by atoms with Gasteiger partial charge in [0.2, 0.25) is 5.88 Å². The van der Waals surface area contributed by atoms with Gasteiger partial charge in [-0.25, -0.2) is 4.98 Å². The highest BCUT2D eigenvalue weighted by atomic mass is 16.5. The minimum atomic E-state index is 0.508. The number of aryl methyl sites for hydroxylation is 3. The molecule has 3 atom stereocenters. The highest BCUT2D eigenvalue weighted by Crippen LogP contribution is 2.53. The number of rotatable bonds is 4. The SMILES string of the molecule is Cc1ccc(C2C(COc3nc(C)ncc3C)[C@H]2C)nc1. The van der Waals surface area contributed by atoms with Crippen molar-refractivity contribution in [2.24, 2.45) is 11.8 Å².